The van der Waals surface area contributed by atoms with Crippen LogP contribution in [0.25, 0.3) is 11.0 Å². The molecule has 0 radical (unpaired) electrons. The van der Waals surface area contributed by atoms with Gasteiger partial charge in [-0.25, -0.2) is 4.98 Å². The van der Waals surface area contributed by atoms with Gasteiger partial charge in [-0.15, -0.1) is 0 Å². The largest absolute Gasteiger partial charge is 0.493 e. The van der Waals surface area contributed by atoms with E-state index in [1.54, 1.807) is 18.9 Å². The lowest BCUT2D eigenvalue weighted by Gasteiger charge is -2.38. The summed E-state index contributed by atoms with van der Waals surface area (Å²) in [6, 6.07) is 12.7. The van der Waals surface area contributed by atoms with Gasteiger partial charge in [0.2, 0.25) is 11.9 Å². The molecular weight excluding hydrogens is 470 g/mol. The van der Waals surface area contributed by atoms with Gasteiger partial charge in [-0.05, 0) is 55.5 Å². The van der Waals surface area contributed by atoms with Gasteiger partial charge in [-0.2, -0.15) is 0 Å². The molecule has 1 aliphatic rings. The molecule has 2 aromatic carbocycles. The minimum atomic E-state index is -1.06. The van der Waals surface area contributed by atoms with Crippen molar-refractivity contribution in [3.8, 4) is 11.5 Å². The van der Waals surface area contributed by atoms with Crippen LogP contribution in [-0.2, 0) is 14.3 Å². The Balaban J connectivity index is 1.87. The number of unbranched alkanes of at least 4 members (excludes halogenated alkanes) is 1. The second-order valence-corrected chi connectivity index (χ2v) is 9.73. The summed E-state index contributed by atoms with van der Waals surface area (Å²) in [7, 11) is 1.59. The molecule has 8 heteroatoms. The Morgan fingerprint density at radius 3 is 2.59 bits per heavy atom. The Morgan fingerprint density at radius 1 is 1.11 bits per heavy atom. The number of rotatable bonds is 11. The number of benzene rings is 2. The van der Waals surface area contributed by atoms with E-state index in [2.05, 4.69) is 20.8 Å². The Bertz CT molecular complexity index is 1250. The number of imidazole rings is 1. The van der Waals surface area contributed by atoms with Gasteiger partial charge in [0.05, 0.1) is 37.4 Å². The number of methoxy groups -OCH3 is 1. The molecule has 37 heavy (non-hydrogen) atoms. The summed E-state index contributed by atoms with van der Waals surface area (Å²) in [6.07, 6.45) is 2.63. The average molecular weight is 508 g/mol. The number of fused-ring (bicyclic) bond motifs is 3. The zero-order valence-electron chi connectivity index (χ0n) is 22.4. The Hall–Kier alpha value is -3.55. The van der Waals surface area contributed by atoms with E-state index < -0.39 is 17.9 Å². The fourth-order valence-electron chi connectivity index (χ4n) is 4.77. The van der Waals surface area contributed by atoms with Crippen LogP contribution in [0.4, 0.5) is 5.95 Å². The number of hydrogen-bond acceptors (Lipinski definition) is 6. The molecule has 0 spiro atoms. The number of ether oxygens (including phenoxy) is 3. The second-order valence-electron chi connectivity index (χ2n) is 9.73. The van der Waals surface area contributed by atoms with Crippen LogP contribution in [0, 0.1) is 11.8 Å². The van der Waals surface area contributed by atoms with Gasteiger partial charge in [-0.1, -0.05) is 45.4 Å². The standard InChI is InChI=1S/C29H37N3O5/c1-6-8-16-31-27(33)25(28(34)36-7-2)26(32-22-12-10-9-11-21(22)30-29(31)32)20-13-14-23(24(18-20)35-5)37-17-15-19(3)4/h9-14,18-19,25-26H,6-8,15-17H2,1-5H3/t25-,26-/m1/s1. The minimum absolute atomic E-state index is 0.188. The number of carbonyl (C=O) groups excluding carboxylic acids is 2. The van der Waals surface area contributed by atoms with Crippen LogP contribution in [0.15, 0.2) is 42.5 Å². The molecule has 1 aromatic heterocycles. The van der Waals surface area contributed by atoms with Gasteiger partial charge < -0.3 is 18.8 Å². The molecule has 1 amide bonds. The lowest BCUT2D eigenvalue weighted by molar-refractivity contribution is -0.153. The van der Waals surface area contributed by atoms with E-state index in [-0.39, 0.29) is 12.5 Å². The molecule has 0 saturated heterocycles. The van der Waals surface area contributed by atoms with Crippen molar-refractivity contribution in [3.05, 3.63) is 48.0 Å². The molecule has 0 aliphatic carbocycles. The Kier molecular flexibility index (Phi) is 8.36. The minimum Gasteiger partial charge on any atom is -0.493 e. The van der Waals surface area contributed by atoms with E-state index in [1.165, 1.54) is 0 Å². The maximum atomic E-state index is 13.9. The predicted octanol–water partition coefficient (Wildman–Crippen LogP) is 5.39. The van der Waals surface area contributed by atoms with E-state index in [1.807, 2.05) is 47.0 Å². The normalized spacial score (nSPS) is 17.2. The van der Waals surface area contributed by atoms with Crippen LogP contribution in [0.1, 0.15) is 58.6 Å². The second kappa shape index (κ2) is 11.7. The maximum absolute atomic E-state index is 13.9. The molecule has 0 bridgehead atoms. The summed E-state index contributed by atoms with van der Waals surface area (Å²) in [5.41, 5.74) is 2.36. The fourth-order valence-corrected chi connectivity index (χ4v) is 4.77. The molecule has 1 aliphatic heterocycles. The summed E-state index contributed by atoms with van der Waals surface area (Å²) in [5.74, 6) is 0.348. The molecule has 3 aromatic rings. The highest BCUT2D eigenvalue weighted by atomic mass is 16.5. The first kappa shape index (κ1) is 26.5. The first-order chi connectivity index (χ1) is 17.9. The third-order valence-electron chi connectivity index (χ3n) is 6.70. The van der Waals surface area contributed by atoms with Crippen LogP contribution in [0.5, 0.6) is 11.5 Å². The molecular formula is C29H37N3O5. The number of aromatic nitrogens is 2. The molecule has 0 saturated carbocycles. The van der Waals surface area contributed by atoms with Gasteiger partial charge in [0.25, 0.3) is 0 Å². The van der Waals surface area contributed by atoms with E-state index >= 15 is 0 Å². The summed E-state index contributed by atoms with van der Waals surface area (Å²) < 4.78 is 19.1. The van der Waals surface area contributed by atoms with Gasteiger partial charge in [-0.3, -0.25) is 14.5 Å². The van der Waals surface area contributed by atoms with Crippen molar-refractivity contribution in [2.24, 2.45) is 11.8 Å². The van der Waals surface area contributed by atoms with E-state index in [4.69, 9.17) is 19.2 Å². The first-order valence-corrected chi connectivity index (χ1v) is 13.2. The smallest absolute Gasteiger partial charge is 0.321 e. The third kappa shape index (κ3) is 5.29. The van der Waals surface area contributed by atoms with Gasteiger partial charge >= 0.3 is 5.97 Å². The Morgan fingerprint density at radius 2 is 1.89 bits per heavy atom. The van der Waals surface area contributed by atoms with Crippen molar-refractivity contribution in [1.82, 2.24) is 9.55 Å². The van der Waals surface area contributed by atoms with Crippen molar-refractivity contribution < 1.29 is 23.8 Å². The zero-order valence-corrected chi connectivity index (χ0v) is 22.4. The lowest BCUT2D eigenvalue weighted by atomic mass is 9.89. The van der Waals surface area contributed by atoms with E-state index in [0.29, 0.717) is 36.5 Å². The van der Waals surface area contributed by atoms with E-state index in [0.717, 1.165) is 35.9 Å². The highest BCUT2D eigenvalue weighted by Gasteiger charge is 2.47. The fraction of sp³-hybridized carbons (Fsp3) is 0.483. The van der Waals surface area contributed by atoms with Crippen molar-refractivity contribution in [2.75, 3.05) is 31.8 Å². The number of para-hydroxylation sites is 2. The number of carbonyl (C=O) groups is 2. The lowest BCUT2D eigenvalue weighted by Crippen LogP contribution is -2.50. The number of nitrogens with zero attached hydrogens (tertiary/aromatic N) is 3. The molecule has 0 fully saturated rings. The van der Waals surface area contributed by atoms with Crippen LogP contribution in [-0.4, -0.2) is 48.3 Å². The van der Waals surface area contributed by atoms with Gasteiger partial charge in [0.15, 0.2) is 17.4 Å². The molecule has 4 rings (SSSR count). The van der Waals surface area contributed by atoms with Crippen LogP contribution in [0.3, 0.4) is 0 Å². The summed E-state index contributed by atoms with van der Waals surface area (Å²) in [4.78, 5) is 33.7. The zero-order chi connectivity index (χ0) is 26.5. The van der Waals surface area contributed by atoms with Crippen LogP contribution in [0.2, 0.25) is 0 Å². The monoisotopic (exact) mass is 507 g/mol. The number of esters is 1. The highest BCUT2D eigenvalue weighted by Crippen LogP contribution is 2.43. The third-order valence-corrected chi connectivity index (χ3v) is 6.70. The van der Waals surface area contributed by atoms with Crippen molar-refractivity contribution >= 4 is 28.9 Å². The maximum Gasteiger partial charge on any atom is 0.321 e. The highest BCUT2D eigenvalue weighted by molar-refractivity contribution is 6.08. The molecule has 0 N–H and O–H groups in total. The first-order valence-electron chi connectivity index (χ1n) is 13.2. The Labute approximate surface area is 218 Å². The van der Waals surface area contributed by atoms with Gasteiger partial charge in [0.1, 0.15) is 0 Å². The quantitative estimate of drug-likeness (QED) is 0.256. The number of amides is 1. The topological polar surface area (TPSA) is 82.9 Å². The van der Waals surface area contributed by atoms with E-state index in [9.17, 15) is 9.59 Å². The van der Waals surface area contributed by atoms with Crippen LogP contribution >= 0.6 is 0 Å². The summed E-state index contributed by atoms with van der Waals surface area (Å²) in [5, 5.41) is 0. The van der Waals surface area contributed by atoms with Crippen LogP contribution < -0.4 is 14.4 Å². The molecule has 2 atom stereocenters. The molecule has 2 heterocycles. The molecule has 198 valence electrons. The summed E-state index contributed by atoms with van der Waals surface area (Å²) in [6.45, 7) is 9.36. The van der Waals surface area contributed by atoms with Crippen molar-refractivity contribution in [1.29, 1.82) is 0 Å². The average Bonchev–Trinajstić information content (AvgIpc) is 3.26. The number of anilines is 1. The molecule has 0 unspecified atom stereocenters. The predicted molar refractivity (Wildman–Crippen MR) is 143 cm³/mol. The SMILES string of the molecule is CCCCN1C(=O)[C@H](C(=O)OCC)[C@@H](c2ccc(OCCC(C)C)c(OC)c2)n2c1nc1ccccc12. The van der Waals surface area contributed by atoms with Gasteiger partial charge in [0, 0.05) is 6.54 Å². The summed E-state index contributed by atoms with van der Waals surface area (Å²) >= 11 is 0. The van der Waals surface area contributed by atoms with Crippen molar-refractivity contribution in [3.63, 3.8) is 0 Å². The number of hydrogen-bond donors (Lipinski definition) is 0. The van der Waals surface area contributed by atoms with Crippen molar-refractivity contribution in [2.45, 2.75) is 53.0 Å². The molecule has 8 nitrogen and oxygen atoms in total.